The van der Waals surface area contributed by atoms with Gasteiger partial charge < -0.3 is 15.5 Å². The van der Waals surface area contributed by atoms with E-state index in [0.717, 1.165) is 6.54 Å². The Morgan fingerprint density at radius 3 is 2.37 bits per heavy atom. The first-order valence-electron chi connectivity index (χ1n) is 6.33. The van der Waals surface area contributed by atoms with Gasteiger partial charge in [-0.05, 0) is 31.2 Å². The van der Waals surface area contributed by atoms with Crippen molar-refractivity contribution >= 4 is 18.4 Å². The SMILES string of the molecule is Cl.O=C(O)C1(O)CCC(NCc2ccccc2)CC1. The van der Waals surface area contributed by atoms with E-state index in [1.165, 1.54) is 5.56 Å². The summed E-state index contributed by atoms with van der Waals surface area (Å²) in [7, 11) is 0. The van der Waals surface area contributed by atoms with Crippen LogP contribution in [0.3, 0.4) is 0 Å². The van der Waals surface area contributed by atoms with Crippen LogP contribution in [0.15, 0.2) is 30.3 Å². The molecule has 1 aliphatic rings. The maximum absolute atomic E-state index is 10.9. The Hall–Kier alpha value is -1.10. The van der Waals surface area contributed by atoms with Crippen molar-refractivity contribution in [1.29, 1.82) is 0 Å². The third-order valence-corrected chi connectivity index (χ3v) is 3.65. The summed E-state index contributed by atoms with van der Waals surface area (Å²) in [5, 5.41) is 22.2. The molecule has 0 bridgehead atoms. The highest BCUT2D eigenvalue weighted by Gasteiger charge is 2.39. The van der Waals surface area contributed by atoms with E-state index in [1.54, 1.807) is 0 Å². The van der Waals surface area contributed by atoms with Crippen LogP contribution in [0.2, 0.25) is 0 Å². The highest BCUT2D eigenvalue weighted by molar-refractivity contribution is 5.85. The van der Waals surface area contributed by atoms with E-state index in [-0.39, 0.29) is 12.4 Å². The number of carbonyl (C=O) groups is 1. The van der Waals surface area contributed by atoms with Gasteiger partial charge in [-0.25, -0.2) is 4.79 Å². The van der Waals surface area contributed by atoms with E-state index in [1.807, 2.05) is 18.2 Å². The highest BCUT2D eigenvalue weighted by Crippen LogP contribution is 2.28. The predicted octanol–water partition coefficient (Wildman–Crippen LogP) is 1.96. The molecule has 106 valence electrons. The summed E-state index contributed by atoms with van der Waals surface area (Å²) in [6.07, 6.45) is 2.06. The molecule has 0 unspecified atom stereocenters. The van der Waals surface area contributed by atoms with Crippen molar-refractivity contribution in [2.45, 2.75) is 43.9 Å². The quantitative estimate of drug-likeness (QED) is 0.791. The van der Waals surface area contributed by atoms with Gasteiger partial charge in [0, 0.05) is 12.6 Å². The van der Waals surface area contributed by atoms with Crippen molar-refractivity contribution in [3.63, 3.8) is 0 Å². The standard InChI is InChI=1S/C14H19NO3.ClH/c16-13(17)14(18)8-6-12(7-9-14)15-10-11-4-2-1-3-5-11;/h1-5,12,15,18H,6-10H2,(H,16,17);1H. The van der Waals surface area contributed by atoms with Gasteiger partial charge in [0.2, 0.25) is 0 Å². The highest BCUT2D eigenvalue weighted by atomic mass is 35.5. The largest absolute Gasteiger partial charge is 0.479 e. The Morgan fingerprint density at radius 1 is 1.26 bits per heavy atom. The van der Waals surface area contributed by atoms with Crippen molar-refractivity contribution in [3.05, 3.63) is 35.9 Å². The van der Waals surface area contributed by atoms with Crippen molar-refractivity contribution in [2.24, 2.45) is 0 Å². The molecule has 3 N–H and O–H groups in total. The Kier molecular flexibility index (Phi) is 5.79. The van der Waals surface area contributed by atoms with Crippen LogP contribution in [-0.2, 0) is 11.3 Å². The molecule has 0 heterocycles. The lowest BCUT2D eigenvalue weighted by molar-refractivity contribution is -0.162. The average molecular weight is 286 g/mol. The molecule has 0 aromatic heterocycles. The summed E-state index contributed by atoms with van der Waals surface area (Å²) in [5.74, 6) is -1.09. The lowest BCUT2D eigenvalue weighted by atomic mass is 9.82. The van der Waals surface area contributed by atoms with Gasteiger partial charge >= 0.3 is 5.97 Å². The van der Waals surface area contributed by atoms with Crippen molar-refractivity contribution in [1.82, 2.24) is 5.32 Å². The summed E-state index contributed by atoms with van der Waals surface area (Å²) < 4.78 is 0. The molecule has 0 amide bonds. The minimum atomic E-state index is -1.51. The minimum absolute atomic E-state index is 0. The summed E-state index contributed by atoms with van der Waals surface area (Å²) in [5.41, 5.74) is -0.290. The Balaban J connectivity index is 0.00000180. The smallest absolute Gasteiger partial charge is 0.335 e. The number of benzene rings is 1. The number of aliphatic carboxylic acids is 1. The number of nitrogens with one attached hydrogen (secondary N) is 1. The molecule has 0 radical (unpaired) electrons. The monoisotopic (exact) mass is 285 g/mol. The van der Waals surface area contributed by atoms with Crippen LogP contribution in [0.1, 0.15) is 31.2 Å². The van der Waals surface area contributed by atoms with Crippen LogP contribution in [0.4, 0.5) is 0 Å². The second-order valence-electron chi connectivity index (χ2n) is 4.98. The number of hydrogen-bond acceptors (Lipinski definition) is 3. The van der Waals surface area contributed by atoms with Gasteiger partial charge in [-0.15, -0.1) is 12.4 Å². The molecule has 1 aliphatic carbocycles. The van der Waals surface area contributed by atoms with E-state index in [4.69, 9.17) is 5.11 Å². The molecule has 1 saturated carbocycles. The molecular weight excluding hydrogens is 266 g/mol. The summed E-state index contributed by atoms with van der Waals surface area (Å²) in [6.45, 7) is 0.789. The number of carboxylic acids is 1. The van der Waals surface area contributed by atoms with Crippen molar-refractivity contribution in [3.8, 4) is 0 Å². The Labute approximate surface area is 119 Å². The zero-order valence-corrected chi connectivity index (χ0v) is 11.5. The van der Waals surface area contributed by atoms with Gasteiger partial charge in [-0.1, -0.05) is 30.3 Å². The van der Waals surface area contributed by atoms with Crippen LogP contribution < -0.4 is 5.32 Å². The molecule has 0 saturated heterocycles. The molecule has 0 atom stereocenters. The van der Waals surface area contributed by atoms with E-state index >= 15 is 0 Å². The normalized spacial score (nSPS) is 26.5. The molecule has 2 rings (SSSR count). The third kappa shape index (κ3) is 4.20. The third-order valence-electron chi connectivity index (χ3n) is 3.65. The first-order chi connectivity index (χ1) is 8.60. The number of rotatable bonds is 4. The van der Waals surface area contributed by atoms with Crippen LogP contribution >= 0.6 is 12.4 Å². The van der Waals surface area contributed by atoms with Gasteiger partial charge in [-0.3, -0.25) is 0 Å². The lowest BCUT2D eigenvalue weighted by Gasteiger charge is -2.33. The van der Waals surface area contributed by atoms with Crippen LogP contribution in [0.5, 0.6) is 0 Å². The first-order valence-corrected chi connectivity index (χ1v) is 6.33. The van der Waals surface area contributed by atoms with Crippen LogP contribution in [0, 0.1) is 0 Å². The Morgan fingerprint density at radius 2 is 1.84 bits per heavy atom. The zero-order valence-electron chi connectivity index (χ0n) is 10.7. The van der Waals surface area contributed by atoms with Crippen molar-refractivity contribution < 1.29 is 15.0 Å². The fraction of sp³-hybridized carbons (Fsp3) is 0.500. The molecule has 1 aromatic rings. The number of halogens is 1. The van der Waals surface area contributed by atoms with E-state index < -0.39 is 11.6 Å². The molecule has 5 heteroatoms. The van der Waals surface area contributed by atoms with E-state index in [9.17, 15) is 9.90 Å². The first kappa shape index (κ1) is 16.0. The molecule has 0 aliphatic heterocycles. The fourth-order valence-corrected chi connectivity index (χ4v) is 2.37. The zero-order chi connectivity index (χ0) is 13.0. The topological polar surface area (TPSA) is 69.6 Å². The summed E-state index contributed by atoms with van der Waals surface area (Å²) in [6, 6.07) is 10.4. The van der Waals surface area contributed by atoms with Gasteiger partial charge in [0.15, 0.2) is 5.60 Å². The average Bonchev–Trinajstić information content (AvgIpc) is 2.39. The second kappa shape index (κ2) is 6.89. The van der Waals surface area contributed by atoms with Gasteiger partial charge in [0.05, 0.1) is 0 Å². The summed E-state index contributed by atoms with van der Waals surface area (Å²) in [4.78, 5) is 10.9. The minimum Gasteiger partial charge on any atom is -0.479 e. The van der Waals surface area contributed by atoms with E-state index in [0.29, 0.717) is 31.7 Å². The molecule has 4 nitrogen and oxygen atoms in total. The summed E-state index contributed by atoms with van der Waals surface area (Å²) >= 11 is 0. The van der Waals surface area contributed by atoms with Gasteiger partial charge in [-0.2, -0.15) is 0 Å². The maximum atomic E-state index is 10.9. The second-order valence-corrected chi connectivity index (χ2v) is 4.98. The predicted molar refractivity (Wildman–Crippen MR) is 75.4 cm³/mol. The van der Waals surface area contributed by atoms with E-state index in [2.05, 4.69) is 17.4 Å². The molecule has 1 fully saturated rings. The Bertz CT molecular complexity index is 402. The molecule has 1 aromatic carbocycles. The lowest BCUT2D eigenvalue weighted by Crippen LogP contribution is -2.46. The van der Waals surface area contributed by atoms with Crippen molar-refractivity contribution in [2.75, 3.05) is 0 Å². The van der Waals surface area contributed by atoms with Gasteiger partial charge in [0.25, 0.3) is 0 Å². The maximum Gasteiger partial charge on any atom is 0.335 e. The number of hydrogen-bond donors (Lipinski definition) is 3. The number of aliphatic hydroxyl groups is 1. The molecular formula is C14H20ClNO3. The van der Waals surface area contributed by atoms with Crippen LogP contribution in [0.25, 0.3) is 0 Å². The number of carboxylic acid groups (broad SMARTS) is 1. The molecule has 0 spiro atoms. The van der Waals surface area contributed by atoms with Gasteiger partial charge in [0.1, 0.15) is 0 Å². The van der Waals surface area contributed by atoms with Crippen LogP contribution in [-0.4, -0.2) is 27.8 Å². The molecule has 19 heavy (non-hydrogen) atoms. The fourth-order valence-electron chi connectivity index (χ4n) is 2.37.